The van der Waals surface area contributed by atoms with Crippen molar-refractivity contribution in [1.29, 1.82) is 0 Å². The van der Waals surface area contributed by atoms with Gasteiger partial charge in [-0.25, -0.2) is 8.42 Å². The lowest BCUT2D eigenvalue weighted by molar-refractivity contribution is -0.385. The van der Waals surface area contributed by atoms with Crippen molar-refractivity contribution >= 4 is 15.5 Å². The summed E-state index contributed by atoms with van der Waals surface area (Å²) in [4.78, 5) is 10.6. The van der Waals surface area contributed by atoms with E-state index in [2.05, 4.69) is 11.9 Å². The minimum Gasteiger partial charge on any atom is -0.493 e. The Morgan fingerprint density at radius 2 is 2.09 bits per heavy atom. The Bertz CT molecular complexity index is 815. The third-order valence-electron chi connectivity index (χ3n) is 4.81. The lowest BCUT2D eigenvalue weighted by Crippen LogP contribution is -2.61. The summed E-state index contributed by atoms with van der Waals surface area (Å²) < 4.78 is 29.9. The molecular weight excluding hydrogens is 320 g/mol. The zero-order valence-corrected chi connectivity index (χ0v) is 13.8. The number of fused-ring (bicyclic) bond motifs is 2. The van der Waals surface area contributed by atoms with Gasteiger partial charge in [0.2, 0.25) is 0 Å². The first-order valence-corrected chi connectivity index (χ1v) is 8.86. The summed E-state index contributed by atoms with van der Waals surface area (Å²) in [6.07, 6.45) is 0.398. The predicted molar refractivity (Wildman–Crippen MR) is 85.0 cm³/mol. The van der Waals surface area contributed by atoms with Crippen LogP contribution in [-0.2, 0) is 15.4 Å². The molecule has 1 N–H and O–H groups in total. The van der Waals surface area contributed by atoms with Gasteiger partial charge in [-0.2, -0.15) is 0 Å². The summed E-state index contributed by atoms with van der Waals surface area (Å²) in [5, 5.41) is 14.3. The van der Waals surface area contributed by atoms with Crippen molar-refractivity contribution < 1.29 is 18.1 Å². The van der Waals surface area contributed by atoms with Crippen LogP contribution in [0, 0.1) is 10.1 Å². The number of ether oxygens (including phenoxy) is 1. The second-order valence-electron chi connectivity index (χ2n) is 6.49. The first-order valence-electron chi connectivity index (χ1n) is 7.21. The summed E-state index contributed by atoms with van der Waals surface area (Å²) in [7, 11) is -3.48. The van der Waals surface area contributed by atoms with Crippen LogP contribution in [0.15, 0.2) is 30.5 Å². The molecule has 0 radical (unpaired) electrons. The van der Waals surface area contributed by atoms with Gasteiger partial charge in [0.25, 0.3) is 5.69 Å². The molecule has 1 aromatic carbocycles. The number of hydrogen-bond donors (Lipinski definition) is 1. The smallest absolute Gasteiger partial charge is 0.270 e. The molecule has 0 bridgehead atoms. The lowest BCUT2D eigenvalue weighted by Gasteiger charge is -2.48. The zero-order valence-electron chi connectivity index (χ0n) is 13.0. The highest BCUT2D eigenvalue weighted by molar-refractivity contribution is 7.93. The van der Waals surface area contributed by atoms with E-state index in [1.165, 1.54) is 18.2 Å². The molecule has 1 aromatic rings. The molecule has 2 heterocycles. The first kappa shape index (κ1) is 15.8. The van der Waals surface area contributed by atoms with Gasteiger partial charge in [-0.3, -0.25) is 10.1 Å². The maximum absolute atomic E-state index is 12.7. The number of sulfone groups is 1. The maximum atomic E-state index is 12.7. The molecule has 7 nitrogen and oxygen atoms in total. The fraction of sp³-hybridized carbons (Fsp3) is 0.467. The number of nitrogens with one attached hydrogen (secondary N) is 1. The van der Waals surface area contributed by atoms with E-state index in [0.717, 1.165) is 0 Å². The van der Waals surface area contributed by atoms with Gasteiger partial charge in [-0.15, -0.1) is 0 Å². The molecule has 0 unspecified atom stereocenters. The maximum Gasteiger partial charge on any atom is 0.270 e. The van der Waals surface area contributed by atoms with Gasteiger partial charge >= 0.3 is 0 Å². The number of nitro groups is 1. The molecule has 2 aliphatic heterocycles. The van der Waals surface area contributed by atoms with E-state index >= 15 is 0 Å². The topological polar surface area (TPSA) is 98.5 Å². The Morgan fingerprint density at radius 1 is 1.39 bits per heavy atom. The number of nitro benzene ring substituents is 1. The van der Waals surface area contributed by atoms with Crippen molar-refractivity contribution in [3.8, 4) is 5.75 Å². The van der Waals surface area contributed by atoms with E-state index in [4.69, 9.17) is 4.74 Å². The quantitative estimate of drug-likeness (QED) is 0.620. The Balaban J connectivity index is 2.18. The van der Waals surface area contributed by atoms with Crippen LogP contribution in [0.1, 0.15) is 25.8 Å². The van der Waals surface area contributed by atoms with Crippen LogP contribution >= 0.6 is 0 Å². The molecule has 0 aliphatic carbocycles. The molecule has 0 amide bonds. The van der Waals surface area contributed by atoms with Crippen LogP contribution in [-0.4, -0.2) is 30.4 Å². The van der Waals surface area contributed by atoms with Crippen molar-refractivity contribution in [2.24, 2.45) is 0 Å². The van der Waals surface area contributed by atoms with E-state index in [0.29, 0.717) is 30.0 Å². The molecule has 124 valence electrons. The Kier molecular flexibility index (Phi) is 3.23. The van der Waals surface area contributed by atoms with Crippen LogP contribution in [0.25, 0.3) is 0 Å². The molecule has 23 heavy (non-hydrogen) atoms. The molecule has 0 saturated carbocycles. The van der Waals surface area contributed by atoms with Crippen molar-refractivity contribution in [3.63, 3.8) is 0 Å². The Hall–Kier alpha value is -2.09. The zero-order chi connectivity index (χ0) is 17.0. The summed E-state index contributed by atoms with van der Waals surface area (Å²) in [6, 6.07) is 4.27. The molecule has 3 rings (SSSR count). The van der Waals surface area contributed by atoms with Crippen LogP contribution in [0.5, 0.6) is 5.75 Å². The van der Waals surface area contributed by atoms with Gasteiger partial charge in [-0.1, -0.05) is 6.58 Å². The van der Waals surface area contributed by atoms with Crippen LogP contribution in [0.2, 0.25) is 0 Å². The summed E-state index contributed by atoms with van der Waals surface area (Å²) in [5.41, 5.74) is -0.144. The van der Waals surface area contributed by atoms with E-state index in [-0.39, 0.29) is 11.4 Å². The van der Waals surface area contributed by atoms with Gasteiger partial charge in [0, 0.05) is 29.8 Å². The lowest BCUT2D eigenvalue weighted by atomic mass is 9.84. The van der Waals surface area contributed by atoms with Gasteiger partial charge in [0.15, 0.2) is 9.84 Å². The normalized spacial score (nSPS) is 27.7. The number of hydrogen-bond acceptors (Lipinski definition) is 6. The number of nitrogens with zero attached hydrogens (tertiary/aromatic N) is 1. The van der Waals surface area contributed by atoms with E-state index in [9.17, 15) is 18.5 Å². The number of non-ortho nitro benzene ring substituents is 1. The molecule has 2 aliphatic rings. The highest BCUT2D eigenvalue weighted by Gasteiger charge is 2.53. The fourth-order valence-corrected chi connectivity index (χ4v) is 4.86. The summed E-state index contributed by atoms with van der Waals surface area (Å²) in [6.45, 7) is 7.43. The molecule has 0 aromatic heterocycles. The van der Waals surface area contributed by atoms with Crippen LogP contribution in [0.3, 0.4) is 0 Å². The van der Waals surface area contributed by atoms with Crippen LogP contribution < -0.4 is 10.1 Å². The van der Waals surface area contributed by atoms with Gasteiger partial charge in [0.1, 0.15) is 10.5 Å². The largest absolute Gasteiger partial charge is 0.493 e. The third kappa shape index (κ3) is 2.20. The van der Waals surface area contributed by atoms with Gasteiger partial charge in [0.05, 0.1) is 22.8 Å². The standard InChI is InChI=1S/C15H18N2O5S/c1-10-14(2,3)23(20,21)9-15(16-10)6-7-22-13-5-4-11(17(18)19)8-12(13)15/h4-5,8,16H,1,6-7,9H2,2-3H3/t15-/m0/s1. The summed E-state index contributed by atoms with van der Waals surface area (Å²) in [5.74, 6) is 0.320. The average Bonchev–Trinajstić information content (AvgIpc) is 2.45. The second kappa shape index (κ2) is 4.70. The molecule has 8 heteroatoms. The minimum absolute atomic E-state index is 0.0942. The molecule has 1 spiro atoms. The van der Waals surface area contributed by atoms with Gasteiger partial charge < -0.3 is 10.1 Å². The fourth-order valence-electron chi connectivity index (χ4n) is 3.05. The van der Waals surface area contributed by atoms with Gasteiger partial charge in [-0.05, 0) is 19.9 Å². The van der Waals surface area contributed by atoms with E-state index in [1.807, 2.05) is 0 Å². The number of benzene rings is 1. The van der Waals surface area contributed by atoms with Crippen molar-refractivity contribution in [2.75, 3.05) is 12.4 Å². The molecule has 1 fully saturated rings. The minimum atomic E-state index is -3.48. The Labute approximate surface area is 134 Å². The Morgan fingerprint density at radius 3 is 2.70 bits per heavy atom. The highest BCUT2D eigenvalue weighted by atomic mass is 32.2. The average molecular weight is 338 g/mol. The predicted octanol–water partition coefficient (Wildman–Crippen LogP) is 1.88. The molecule has 1 atom stereocenters. The highest BCUT2D eigenvalue weighted by Crippen LogP contribution is 2.45. The third-order valence-corrected chi connectivity index (χ3v) is 7.48. The second-order valence-corrected chi connectivity index (χ2v) is 9.03. The van der Waals surface area contributed by atoms with Crippen molar-refractivity contribution in [2.45, 2.75) is 30.6 Å². The van der Waals surface area contributed by atoms with Crippen LogP contribution in [0.4, 0.5) is 5.69 Å². The van der Waals surface area contributed by atoms with E-state index in [1.54, 1.807) is 13.8 Å². The van der Waals surface area contributed by atoms with Crippen molar-refractivity contribution in [3.05, 3.63) is 46.2 Å². The molecular formula is C15H18N2O5S. The molecule has 1 saturated heterocycles. The van der Waals surface area contributed by atoms with Crippen molar-refractivity contribution in [1.82, 2.24) is 5.32 Å². The number of rotatable bonds is 1. The van der Waals surface area contributed by atoms with E-state index < -0.39 is 25.0 Å². The SMILES string of the molecule is C=C1N[C@@]2(CCOc3ccc([N+](=O)[O-])cc32)CS(=O)(=O)C1(C)C. The first-order chi connectivity index (χ1) is 10.6. The monoisotopic (exact) mass is 338 g/mol. The summed E-state index contributed by atoms with van der Waals surface area (Å²) >= 11 is 0.